The van der Waals surface area contributed by atoms with Gasteiger partial charge in [-0.05, 0) is 0 Å². The van der Waals surface area contributed by atoms with Gasteiger partial charge in [-0.25, -0.2) is 4.39 Å². The van der Waals surface area contributed by atoms with Crippen molar-refractivity contribution in [3.63, 3.8) is 0 Å². The third-order valence-electron chi connectivity index (χ3n) is 3.52. The summed E-state index contributed by atoms with van der Waals surface area (Å²) in [7, 11) is 0. The monoisotopic (exact) mass is 506 g/mol. The van der Waals surface area contributed by atoms with Crippen molar-refractivity contribution in [2.24, 2.45) is 0 Å². The van der Waals surface area contributed by atoms with Crippen LogP contribution in [-0.2, 0) is 28.4 Å². The largest absolute Gasteiger partial charge is 0.424 e. The molecule has 0 aromatic carbocycles. The van der Waals surface area contributed by atoms with Gasteiger partial charge in [0.15, 0.2) is 0 Å². The van der Waals surface area contributed by atoms with Crippen molar-refractivity contribution < 1.29 is 72.3 Å². The first-order chi connectivity index (χ1) is 14.7. The van der Waals surface area contributed by atoms with Crippen LogP contribution in [0.2, 0.25) is 0 Å². The molecule has 0 bridgehead atoms. The molecule has 0 aromatic rings. The van der Waals surface area contributed by atoms with Crippen LogP contribution in [0.3, 0.4) is 0 Å². The van der Waals surface area contributed by atoms with Crippen LogP contribution >= 0.6 is 0 Å². The lowest BCUT2D eigenvalue weighted by molar-refractivity contribution is -0.191. The standard InChI is InChI=1S/C6H6F4O2.C6H4F4O2.C5H6F2O2/c1-5(9)6(2,10)12-4(11-5)3(7)8;1-6(10)3(2-7)11-4(8)5(9)12-6;1-5(2)8-3(6)4(7)9-5/h1-2H3;2H,1H3;1-2H3/b;3-2-;. The van der Waals surface area contributed by atoms with Crippen molar-refractivity contribution >= 4 is 0 Å². The Hall–Kier alpha value is -2.94. The highest BCUT2D eigenvalue weighted by molar-refractivity contribution is 5.09. The molecule has 3 aliphatic rings. The molecule has 1 saturated heterocycles. The average Bonchev–Trinajstić information content (AvgIpc) is 3.00. The second kappa shape index (κ2) is 9.51. The Labute approximate surface area is 179 Å². The molecule has 0 aliphatic carbocycles. The molecule has 6 nitrogen and oxygen atoms in total. The van der Waals surface area contributed by atoms with Gasteiger partial charge in [0.25, 0.3) is 5.79 Å². The Kier molecular flexibility index (Phi) is 8.09. The first-order valence-corrected chi connectivity index (χ1v) is 8.41. The zero-order chi connectivity index (χ0) is 26.0. The van der Waals surface area contributed by atoms with Crippen LogP contribution in [0.25, 0.3) is 0 Å². The molecular formula is C17H16F10O6. The molecule has 0 amide bonds. The molecule has 1 fully saturated rings. The maximum atomic E-state index is 12.9. The molecule has 0 saturated carbocycles. The zero-order valence-corrected chi connectivity index (χ0v) is 17.3. The lowest BCUT2D eigenvalue weighted by Crippen LogP contribution is -2.39. The molecule has 33 heavy (non-hydrogen) atoms. The van der Waals surface area contributed by atoms with E-state index in [1.807, 2.05) is 0 Å². The third-order valence-corrected chi connectivity index (χ3v) is 3.52. The fourth-order valence-corrected chi connectivity index (χ4v) is 1.77. The van der Waals surface area contributed by atoms with Gasteiger partial charge in [-0.1, -0.05) is 0 Å². The van der Waals surface area contributed by atoms with E-state index in [-0.39, 0.29) is 6.33 Å². The molecule has 0 spiro atoms. The maximum absolute atomic E-state index is 12.9. The molecule has 3 heterocycles. The summed E-state index contributed by atoms with van der Waals surface area (Å²) < 4.78 is 146. The van der Waals surface area contributed by atoms with E-state index in [0.717, 1.165) is 0 Å². The average molecular weight is 506 g/mol. The Morgan fingerprint density at radius 1 is 0.667 bits per heavy atom. The lowest BCUT2D eigenvalue weighted by Gasteiger charge is -2.25. The Morgan fingerprint density at radius 2 is 1.06 bits per heavy atom. The third kappa shape index (κ3) is 7.02. The molecule has 3 aliphatic heterocycles. The number of ether oxygens (including phenoxy) is 6. The highest BCUT2D eigenvalue weighted by Gasteiger charge is 2.59. The minimum atomic E-state index is -2.88. The van der Waals surface area contributed by atoms with Gasteiger partial charge in [0.05, 0.1) is 0 Å². The highest BCUT2D eigenvalue weighted by atomic mass is 19.3. The minimum Gasteiger partial charge on any atom is -0.424 e. The second-order valence-corrected chi connectivity index (χ2v) is 6.88. The summed E-state index contributed by atoms with van der Waals surface area (Å²) in [5.74, 6) is -12.2. The van der Waals surface area contributed by atoms with E-state index in [4.69, 9.17) is 0 Å². The number of alkyl halides is 3. The van der Waals surface area contributed by atoms with Crippen molar-refractivity contribution in [2.45, 2.75) is 58.0 Å². The number of hydrogen-bond acceptors (Lipinski definition) is 6. The number of hydrogen-bond donors (Lipinski definition) is 0. The summed E-state index contributed by atoms with van der Waals surface area (Å²) >= 11 is 0. The molecule has 16 heteroatoms. The van der Waals surface area contributed by atoms with E-state index >= 15 is 0 Å². The lowest BCUT2D eigenvalue weighted by atomic mass is 10.2. The van der Waals surface area contributed by atoms with Crippen molar-refractivity contribution in [3.05, 3.63) is 48.2 Å². The van der Waals surface area contributed by atoms with Crippen molar-refractivity contribution in [3.8, 4) is 0 Å². The van der Waals surface area contributed by atoms with E-state index in [9.17, 15) is 43.9 Å². The molecule has 0 aromatic heterocycles. The van der Waals surface area contributed by atoms with Crippen LogP contribution in [0, 0.1) is 0 Å². The molecule has 3 unspecified atom stereocenters. The van der Waals surface area contributed by atoms with Gasteiger partial charge in [-0.2, -0.15) is 39.5 Å². The minimum absolute atomic E-state index is 0.341. The van der Waals surface area contributed by atoms with Crippen molar-refractivity contribution in [1.29, 1.82) is 0 Å². The summed E-state index contributed by atoms with van der Waals surface area (Å²) in [5.41, 5.74) is 0. The van der Waals surface area contributed by atoms with Crippen LogP contribution in [0.4, 0.5) is 43.9 Å². The Bertz CT molecular complexity index is 838. The van der Waals surface area contributed by atoms with Crippen molar-refractivity contribution in [2.75, 3.05) is 0 Å². The van der Waals surface area contributed by atoms with E-state index < -0.39 is 65.2 Å². The SMILES string of the molecule is CC1(C)OC(F)=C(F)O1.CC1(F)OC(=C(F)F)OC1(C)F.CC1(F)OC(F)=C(F)O/C1=C\F. The van der Waals surface area contributed by atoms with E-state index in [2.05, 4.69) is 28.4 Å². The zero-order valence-electron chi connectivity index (χ0n) is 17.3. The smallest absolute Gasteiger partial charge is 0.353 e. The Morgan fingerprint density at radius 3 is 1.33 bits per heavy atom. The molecule has 0 N–H and O–H groups in total. The van der Waals surface area contributed by atoms with E-state index in [1.165, 1.54) is 13.8 Å². The predicted octanol–water partition coefficient (Wildman–Crippen LogP) is 6.90. The second-order valence-electron chi connectivity index (χ2n) is 6.88. The van der Waals surface area contributed by atoms with Gasteiger partial charge in [0.2, 0.25) is 5.76 Å². The summed E-state index contributed by atoms with van der Waals surface area (Å²) in [6, 6.07) is -6.19. The summed E-state index contributed by atoms with van der Waals surface area (Å²) in [6.07, 6.45) is -2.73. The van der Waals surface area contributed by atoms with Gasteiger partial charge in [-0.3, -0.25) is 0 Å². The Balaban J connectivity index is 0.000000250. The first kappa shape index (κ1) is 28.1. The normalized spacial score (nSPS) is 33.3. The predicted molar refractivity (Wildman–Crippen MR) is 86.0 cm³/mol. The van der Waals surface area contributed by atoms with Crippen LogP contribution in [0.1, 0.15) is 34.6 Å². The summed E-state index contributed by atoms with van der Waals surface area (Å²) in [4.78, 5) is 0. The molecule has 0 radical (unpaired) electrons. The highest BCUT2D eigenvalue weighted by Crippen LogP contribution is 2.44. The molecule has 190 valence electrons. The number of rotatable bonds is 0. The van der Waals surface area contributed by atoms with Crippen LogP contribution in [-0.4, -0.2) is 23.4 Å². The molecule has 3 atom stereocenters. The topological polar surface area (TPSA) is 55.4 Å². The van der Waals surface area contributed by atoms with Crippen LogP contribution < -0.4 is 0 Å². The van der Waals surface area contributed by atoms with Gasteiger partial charge in [0.1, 0.15) is 6.33 Å². The van der Waals surface area contributed by atoms with Gasteiger partial charge < -0.3 is 28.4 Å². The fraction of sp³-hybridized carbons (Fsp3) is 0.529. The number of halogens is 10. The molecular weight excluding hydrogens is 490 g/mol. The van der Waals surface area contributed by atoms with Crippen LogP contribution in [0.5, 0.6) is 0 Å². The van der Waals surface area contributed by atoms with Gasteiger partial charge in [-0.15, -0.1) is 0 Å². The van der Waals surface area contributed by atoms with E-state index in [1.54, 1.807) is 0 Å². The first-order valence-electron chi connectivity index (χ1n) is 8.41. The van der Waals surface area contributed by atoms with Crippen LogP contribution in [0.15, 0.2) is 48.2 Å². The summed E-state index contributed by atoms with van der Waals surface area (Å²) in [6.45, 7) is 4.86. The van der Waals surface area contributed by atoms with Gasteiger partial charge >= 0.3 is 53.6 Å². The van der Waals surface area contributed by atoms with E-state index in [0.29, 0.717) is 20.8 Å². The quantitative estimate of drug-likeness (QED) is 0.333. The molecule has 3 rings (SSSR count). The van der Waals surface area contributed by atoms with Gasteiger partial charge in [0, 0.05) is 34.6 Å². The maximum Gasteiger partial charge on any atom is 0.353 e. The van der Waals surface area contributed by atoms with Crippen molar-refractivity contribution in [1.82, 2.24) is 0 Å². The fourth-order valence-electron chi connectivity index (χ4n) is 1.77. The summed E-state index contributed by atoms with van der Waals surface area (Å²) in [5, 5.41) is 0.